The fourth-order valence-electron chi connectivity index (χ4n) is 0.995. The average molecular weight is 215 g/mol. The smallest absolute Gasteiger partial charge is 0.263 e. The maximum atomic E-state index is 11.0. The molecule has 0 saturated carbocycles. The molecule has 2 amide bonds. The summed E-state index contributed by atoms with van der Waals surface area (Å²) in [7, 11) is 0. The summed E-state index contributed by atoms with van der Waals surface area (Å²) in [6.45, 7) is 1.35. The number of carbonyl (C=O) groups excluding carboxylic acids is 3. The zero-order chi connectivity index (χ0) is 10.7. The third-order valence-electron chi connectivity index (χ3n) is 1.59. The average Bonchev–Trinajstić information content (AvgIpc) is 2.34. The molecule has 6 heteroatoms. The predicted octanol–water partition coefficient (Wildman–Crippen LogP) is 0.373. The van der Waals surface area contributed by atoms with Crippen LogP contribution in [0.1, 0.15) is 26.2 Å². The van der Waals surface area contributed by atoms with Crippen molar-refractivity contribution in [2.24, 2.45) is 0 Å². The summed E-state index contributed by atoms with van der Waals surface area (Å²) in [5.41, 5.74) is 0. The van der Waals surface area contributed by atoms with Crippen LogP contribution in [0.3, 0.4) is 0 Å². The Hall–Kier alpha value is -1.30. The van der Waals surface area contributed by atoms with Crippen LogP contribution in [-0.2, 0) is 19.2 Å². The van der Waals surface area contributed by atoms with Crippen molar-refractivity contribution in [2.75, 3.05) is 0 Å². The van der Waals surface area contributed by atoms with Crippen LogP contribution in [0, 0.1) is 0 Å². The maximum absolute atomic E-state index is 11.0. The number of Topliss-reactive ketones (excluding diaryl/α,β-unsaturated/α-hetero) is 1. The highest BCUT2D eigenvalue weighted by atomic mass is 32.1. The molecule has 1 aliphatic heterocycles. The van der Waals surface area contributed by atoms with E-state index < -0.39 is 11.8 Å². The van der Waals surface area contributed by atoms with E-state index in [1.54, 1.807) is 0 Å². The van der Waals surface area contributed by atoms with Crippen LogP contribution in [-0.4, -0.2) is 27.7 Å². The van der Waals surface area contributed by atoms with Crippen molar-refractivity contribution in [3.63, 3.8) is 0 Å². The normalized spacial score (nSPS) is 15.9. The van der Waals surface area contributed by atoms with Gasteiger partial charge in [-0.3, -0.25) is 14.4 Å². The molecule has 76 valence electrons. The van der Waals surface area contributed by atoms with Crippen molar-refractivity contribution < 1.29 is 19.2 Å². The fourth-order valence-corrected chi connectivity index (χ4v) is 1.27. The van der Waals surface area contributed by atoms with Crippen molar-refractivity contribution in [1.29, 1.82) is 0 Å². The summed E-state index contributed by atoms with van der Waals surface area (Å²) in [4.78, 5) is 37.5. The van der Waals surface area contributed by atoms with Gasteiger partial charge in [-0.1, -0.05) is 0 Å². The van der Waals surface area contributed by atoms with Crippen molar-refractivity contribution in [2.45, 2.75) is 26.2 Å². The minimum absolute atomic E-state index is 0.0545. The van der Waals surface area contributed by atoms with Crippen LogP contribution in [0.2, 0.25) is 0 Å². The first-order chi connectivity index (χ1) is 6.50. The van der Waals surface area contributed by atoms with E-state index in [2.05, 4.69) is 12.2 Å². The Morgan fingerprint density at radius 1 is 1.43 bits per heavy atom. The van der Waals surface area contributed by atoms with E-state index in [0.29, 0.717) is 5.06 Å². The molecule has 0 radical (unpaired) electrons. The summed E-state index contributed by atoms with van der Waals surface area (Å²) in [6.07, 6.45) is 0.218. The van der Waals surface area contributed by atoms with Gasteiger partial charge in [0.2, 0.25) is 5.05 Å². The highest BCUT2D eigenvalue weighted by Gasteiger charge is 2.31. The molecule has 1 rings (SSSR count). The lowest BCUT2D eigenvalue weighted by atomic mass is 10.3. The molecule has 0 atom stereocenters. The quantitative estimate of drug-likeness (QED) is 0.503. The summed E-state index contributed by atoms with van der Waals surface area (Å²) in [6, 6.07) is 0. The molecule has 0 spiro atoms. The van der Waals surface area contributed by atoms with Gasteiger partial charge in [0.1, 0.15) is 5.78 Å². The van der Waals surface area contributed by atoms with E-state index in [1.807, 2.05) is 0 Å². The number of hydrogen-bond donors (Lipinski definition) is 0. The second-order valence-electron chi connectivity index (χ2n) is 2.92. The zero-order valence-electron chi connectivity index (χ0n) is 7.61. The first-order valence-corrected chi connectivity index (χ1v) is 4.47. The molecular formula is C8H9NO4S. The molecule has 1 saturated heterocycles. The Labute approximate surface area is 86.0 Å². The third-order valence-corrected chi connectivity index (χ3v) is 1.81. The molecule has 1 heterocycles. The Morgan fingerprint density at radius 2 is 1.93 bits per heavy atom. The number of imide groups is 1. The van der Waals surface area contributed by atoms with Gasteiger partial charge in [0.15, 0.2) is 0 Å². The largest absolute Gasteiger partial charge is 0.361 e. The van der Waals surface area contributed by atoms with Gasteiger partial charge in [-0.05, 0) is 19.1 Å². The van der Waals surface area contributed by atoms with Crippen LogP contribution < -0.4 is 0 Å². The standard InChI is InChI=1S/C8H9NO4S/c1-5(10)4-8(14)13-9-6(11)2-3-7(9)12/h2-4H2,1H3. The Balaban J connectivity index is 2.51. The van der Waals surface area contributed by atoms with Gasteiger partial charge in [0, 0.05) is 12.8 Å². The van der Waals surface area contributed by atoms with Gasteiger partial charge in [0.25, 0.3) is 11.8 Å². The maximum Gasteiger partial charge on any atom is 0.263 e. The minimum atomic E-state index is -0.416. The van der Waals surface area contributed by atoms with Gasteiger partial charge in [0.05, 0.1) is 6.42 Å². The van der Waals surface area contributed by atoms with E-state index in [-0.39, 0.29) is 30.1 Å². The second-order valence-corrected chi connectivity index (χ2v) is 3.38. The summed E-state index contributed by atoms with van der Waals surface area (Å²) >= 11 is 4.68. The topological polar surface area (TPSA) is 63.7 Å². The summed E-state index contributed by atoms with van der Waals surface area (Å²) < 4.78 is 0. The van der Waals surface area contributed by atoms with Gasteiger partial charge < -0.3 is 4.84 Å². The Morgan fingerprint density at radius 3 is 2.36 bits per heavy atom. The highest BCUT2D eigenvalue weighted by Crippen LogP contribution is 2.13. The molecule has 14 heavy (non-hydrogen) atoms. The molecule has 0 bridgehead atoms. The van der Waals surface area contributed by atoms with E-state index >= 15 is 0 Å². The van der Waals surface area contributed by atoms with E-state index in [0.717, 1.165) is 0 Å². The molecule has 0 aliphatic carbocycles. The molecule has 0 N–H and O–H groups in total. The van der Waals surface area contributed by atoms with Gasteiger partial charge in [-0.2, -0.15) is 0 Å². The van der Waals surface area contributed by atoms with E-state index in [4.69, 9.17) is 4.84 Å². The fraction of sp³-hybridized carbons (Fsp3) is 0.500. The van der Waals surface area contributed by atoms with Crippen LogP contribution in [0.25, 0.3) is 0 Å². The monoisotopic (exact) mass is 215 g/mol. The molecule has 0 aromatic rings. The highest BCUT2D eigenvalue weighted by molar-refractivity contribution is 7.80. The van der Waals surface area contributed by atoms with Gasteiger partial charge in [-0.25, -0.2) is 0 Å². The second kappa shape index (κ2) is 4.28. The van der Waals surface area contributed by atoms with Crippen molar-refractivity contribution >= 4 is 34.9 Å². The first kappa shape index (κ1) is 10.8. The van der Waals surface area contributed by atoms with E-state index in [9.17, 15) is 14.4 Å². The minimum Gasteiger partial charge on any atom is -0.361 e. The number of carbonyl (C=O) groups is 3. The number of hydroxylamine groups is 2. The van der Waals surface area contributed by atoms with Gasteiger partial charge >= 0.3 is 0 Å². The predicted molar refractivity (Wildman–Crippen MR) is 50.1 cm³/mol. The lowest BCUT2D eigenvalue weighted by molar-refractivity contribution is -0.167. The van der Waals surface area contributed by atoms with Crippen LogP contribution in [0.15, 0.2) is 0 Å². The Bertz CT molecular complexity index is 296. The van der Waals surface area contributed by atoms with Crippen LogP contribution >= 0.6 is 12.2 Å². The number of nitrogens with zero attached hydrogens (tertiary/aromatic N) is 1. The molecule has 1 fully saturated rings. The lowest BCUT2D eigenvalue weighted by Gasteiger charge is -2.13. The van der Waals surface area contributed by atoms with E-state index in [1.165, 1.54) is 6.92 Å². The van der Waals surface area contributed by atoms with Crippen molar-refractivity contribution in [3.05, 3.63) is 0 Å². The SMILES string of the molecule is CC(=O)CC(=S)ON1C(=O)CCC1=O. The molecule has 5 nitrogen and oxygen atoms in total. The first-order valence-electron chi connectivity index (χ1n) is 4.06. The van der Waals surface area contributed by atoms with Crippen LogP contribution in [0.5, 0.6) is 0 Å². The summed E-state index contributed by atoms with van der Waals surface area (Å²) in [5.74, 6) is -1.00. The van der Waals surface area contributed by atoms with Gasteiger partial charge in [-0.15, -0.1) is 5.06 Å². The molecule has 0 aromatic heterocycles. The molecular weight excluding hydrogens is 206 g/mol. The van der Waals surface area contributed by atoms with Crippen molar-refractivity contribution in [3.8, 4) is 0 Å². The Kier molecular flexibility index (Phi) is 3.29. The lowest BCUT2D eigenvalue weighted by Crippen LogP contribution is -2.31. The van der Waals surface area contributed by atoms with Crippen LogP contribution in [0.4, 0.5) is 0 Å². The molecule has 0 aromatic carbocycles. The summed E-state index contributed by atoms with van der Waals surface area (Å²) in [5, 5.41) is 0.576. The number of thiocarbonyl (C=S) groups is 1. The van der Waals surface area contributed by atoms with Crippen molar-refractivity contribution in [1.82, 2.24) is 5.06 Å². The number of ketones is 1. The number of amides is 2. The molecule has 1 aliphatic rings. The zero-order valence-corrected chi connectivity index (χ0v) is 8.43. The number of hydrogen-bond acceptors (Lipinski definition) is 5. The number of rotatable bonds is 3. The third kappa shape index (κ3) is 2.59. The molecule has 0 unspecified atom stereocenters.